The number of rotatable bonds is 7. The van der Waals surface area contributed by atoms with Crippen molar-refractivity contribution in [3.63, 3.8) is 0 Å². The summed E-state index contributed by atoms with van der Waals surface area (Å²) in [6, 6.07) is 26.4. The molecule has 9 heteroatoms. The molecule has 0 heterocycles. The van der Waals surface area contributed by atoms with Gasteiger partial charge in [0.05, 0.1) is 5.56 Å². The maximum absolute atomic E-state index is 12.5. The van der Waals surface area contributed by atoms with Gasteiger partial charge in [-0.25, -0.2) is 4.79 Å². The number of nitrogens with one attached hydrogen (secondary N) is 3. The molecule has 4 aromatic rings. The number of hydrazine groups is 1. The molecule has 0 fully saturated rings. The van der Waals surface area contributed by atoms with Crippen LogP contribution >= 0.6 is 11.6 Å². The number of carbonyl (C=O) groups excluding carboxylic acids is 4. The largest absolute Gasteiger partial charge is 0.422 e. The van der Waals surface area contributed by atoms with Crippen LogP contribution in [0.4, 0.5) is 5.69 Å². The van der Waals surface area contributed by atoms with Gasteiger partial charge in [0.15, 0.2) is 0 Å². The molecule has 0 saturated heterocycles. The highest BCUT2D eigenvalue weighted by Gasteiger charge is 2.12. The summed E-state index contributed by atoms with van der Waals surface area (Å²) < 4.78 is 5.52. The van der Waals surface area contributed by atoms with Gasteiger partial charge in [0, 0.05) is 33.5 Å². The monoisotopic (exact) mass is 553 g/mol. The van der Waals surface area contributed by atoms with Crippen LogP contribution in [0.25, 0.3) is 6.08 Å². The molecular formula is C31H24ClN3O5. The number of aryl methyl sites for hydroxylation is 1. The zero-order chi connectivity index (χ0) is 28.5. The van der Waals surface area contributed by atoms with Crippen molar-refractivity contribution in [3.05, 3.63) is 136 Å². The number of ether oxygens (including phenoxy) is 1. The Morgan fingerprint density at radius 3 is 2.12 bits per heavy atom. The number of hydrogen-bond donors (Lipinski definition) is 3. The first-order valence-corrected chi connectivity index (χ1v) is 12.5. The van der Waals surface area contributed by atoms with Crippen LogP contribution in [0, 0.1) is 6.92 Å². The number of hydrogen-bond acceptors (Lipinski definition) is 5. The third-order valence-electron chi connectivity index (χ3n) is 5.60. The first-order valence-electron chi connectivity index (χ1n) is 12.1. The van der Waals surface area contributed by atoms with Crippen LogP contribution in [0.2, 0.25) is 5.02 Å². The molecule has 0 aromatic heterocycles. The standard InChI is InChI=1S/C31H24ClN3O5/c1-20-5-4-7-24(19-20)31(39)40-27-8-3-2-6-21(27)13-18-28(36)34-35-30(38)23-11-16-26(17-12-23)33-29(37)22-9-14-25(32)15-10-22/h2-19H,1H3,(H,33,37)(H,34,36)(H,35,38)/b18-13+. The molecular weight excluding hydrogens is 530 g/mol. The number of anilines is 1. The second-order valence-corrected chi connectivity index (χ2v) is 9.05. The Kier molecular flexibility index (Phi) is 9.07. The van der Waals surface area contributed by atoms with Gasteiger partial charge in [-0.1, -0.05) is 47.5 Å². The molecule has 4 aromatic carbocycles. The van der Waals surface area contributed by atoms with E-state index in [1.807, 2.05) is 13.0 Å². The lowest BCUT2D eigenvalue weighted by Crippen LogP contribution is -2.40. The molecule has 0 saturated carbocycles. The Bertz CT molecular complexity index is 1580. The second kappa shape index (κ2) is 13.0. The Hall–Kier alpha value is -5.21. The van der Waals surface area contributed by atoms with Crippen molar-refractivity contribution >= 4 is 47.1 Å². The minimum Gasteiger partial charge on any atom is -0.422 e. The van der Waals surface area contributed by atoms with E-state index in [0.29, 0.717) is 27.4 Å². The lowest BCUT2D eigenvalue weighted by atomic mass is 10.1. The van der Waals surface area contributed by atoms with Crippen LogP contribution in [0.3, 0.4) is 0 Å². The summed E-state index contributed by atoms with van der Waals surface area (Å²) in [5.74, 6) is -1.70. The summed E-state index contributed by atoms with van der Waals surface area (Å²) >= 11 is 5.84. The van der Waals surface area contributed by atoms with Crippen LogP contribution in [0.1, 0.15) is 42.2 Å². The van der Waals surface area contributed by atoms with E-state index in [9.17, 15) is 19.2 Å². The molecule has 8 nitrogen and oxygen atoms in total. The zero-order valence-corrected chi connectivity index (χ0v) is 22.1. The third kappa shape index (κ3) is 7.66. The molecule has 0 spiro atoms. The molecule has 3 amide bonds. The van der Waals surface area contributed by atoms with E-state index in [1.165, 1.54) is 24.3 Å². The van der Waals surface area contributed by atoms with Gasteiger partial charge < -0.3 is 10.1 Å². The minimum atomic E-state index is -0.597. The van der Waals surface area contributed by atoms with Crippen LogP contribution in [0.15, 0.2) is 103 Å². The van der Waals surface area contributed by atoms with E-state index in [1.54, 1.807) is 78.9 Å². The van der Waals surface area contributed by atoms with Gasteiger partial charge in [-0.15, -0.1) is 0 Å². The van der Waals surface area contributed by atoms with Crippen molar-refractivity contribution in [2.75, 3.05) is 5.32 Å². The van der Waals surface area contributed by atoms with E-state index in [2.05, 4.69) is 16.2 Å². The number of benzene rings is 4. The normalized spacial score (nSPS) is 10.6. The average Bonchev–Trinajstić information content (AvgIpc) is 2.96. The highest BCUT2D eigenvalue weighted by Crippen LogP contribution is 2.21. The predicted octanol–water partition coefficient (Wildman–Crippen LogP) is 5.59. The molecule has 0 bridgehead atoms. The lowest BCUT2D eigenvalue weighted by Gasteiger charge is -2.09. The quantitative estimate of drug-likeness (QED) is 0.119. The molecule has 0 aliphatic carbocycles. The van der Waals surface area contributed by atoms with Crippen LogP contribution in [0.5, 0.6) is 5.75 Å². The number of para-hydroxylation sites is 1. The maximum atomic E-state index is 12.5. The van der Waals surface area contributed by atoms with Gasteiger partial charge in [0.1, 0.15) is 5.75 Å². The van der Waals surface area contributed by atoms with Crippen LogP contribution in [-0.4, -0.2) is 23.7 Å². The summed E-state index contributed by atoms with van der Waals surface area (Å²) in [6.07, 6.45) is 2.67. The summed E-state index contributed by atoms with van der Waals surface area (Å²) in [5.41, 5.74) is 7.67. The van der Waals surface area contributed by atoms with Gasteiger partial charge in [-0.05, 0) is 79.7 Å². The fraction of sp³-hybridized carbons (Fsp3) is 0.0323. The van der Waals surface area contributed by atoms with Gasteiger partial charge in [0.25, 0.3) is 17.7 Å². The van der Waals surface area contributed by atoms with Crippen LogP contribution in [-0.2, 0) is 4.79 Å². The third-order valence-corrected chi connectivity index (χ3v) is 5.85. The van der Waals surface area contributed by atoms with E-state index in [0.717, 1.165) is 5.56 Å². The van der Waals surface area contributed by atoms with E-state index >= 15 is 0 Å². The van der Waals surface area contributed by atoms with E-state index < -0.39 is 17.8 Å². The Morgan fingerprint density at radius 1 is 0.725 bits per heavy atom. The zero-order valence-electron chi connectivity index (χ0n) is 21.3. The topological polar surface area (TPSA) is 114 Å². The van der Waals surface area contributed by atoms with E-state index in [-0.39, 0.29) is 17.2 Å². The van der Waals surface area contributed by atoms with Crippen molar-refractivity contribution in [2.45, 2.75) is 6.92 Å². The minimum absolute atomic E-state index is 0.266. The van der Waals surface area contributed by atoms with Crippen molar-refractivity contribution < 1.29 is 23.9 Å². The van der Waals surface area contributed by atoms with Crippen molar-refractivity contribution in [1.82, 2.24) is 10.9 Å². The highest BCUT2D eigenvalue weighted by atomic mass is 35.5. The molecule has 0 atom stereocenters. The molecule has 0 aliphatic rings. The number of amides is 3. The first kappa shape index (κ1) is 27.8. The Balaban J connectivity index is 1.30. The van der Waals surface area contributed by atoms with Crippen LogP contribution < -0.4 is 20.9 Å². The fourth-order valence-electron chi connectivity index (χ4n) is 3.55. The summed E-state index contributed by atoms with van der Waals surface area (Å²) in [5, 5.41) is 3.26. The first-order chi connectivity index (χ1) is 19.3. The Labute approximate surface area is 235 Å². The van der Waals surface area contributed by atoms with Crippen molar-refractivity contribution in [1.29, 1.82) is 0 Å². The maximum Gasteiger partial charge on any atom is 0.343 e. The van der Waals surface area contributed by atoms with Crippen molar-refractivity contribution in [2.24, 2.45) is 0 Å². The number of esters is 1. The predicted molar refractivity (Wildman–Crippen MR) is 153 cm³/mol. The molecule has 0 radical (unpaired) electrons. The number of halogens is 1. The Morgan fingerprint density at radius 2 is 1.40 bits per heavy atom. The van der Waals surface area contributed by atoms with Gasteiger partial charge in [-0.3, -0.25) is 25.2 Å². The molecule has 0 unspecified atom stereocenters. The summed E-state index contributed by atoms with van der Waals surface area (Å²) in [7, 11) is 0. The summed E-state index contributed by atoms with van der Waals surface area (Å²) in [4.78, 5) is 49.6. The molecule has 40 heavy (non-hydrogen) atoms. The van der Waals surface area contributed by atoms with Crippen molar-refractivity contribution in [3.8, 4) is 5.75 Å². The fourth-order valence-corrected chi connectivity index (χ4v) is 3.68. The average molecular weight is 554 g/mol. The highest BCUT2D eigenvalue weighted by molar-refractivity contribution is 6.30. The van der Waals surface area contributed by atoms with Gasteiger partial charge in [0.2, 0.25) is 0 Å². The second-order valence-electron chi connectivity index (χ2n) is 8.61. The molecule has 200 valence electrons. The number of carbonyl (C=O) groups is 4. The lowest BCUT2D eigenvalue weighted by molar-refractivity contribution is -0.117. The van der Waals surface area contributed by atoms with Gasteiger partial charge in [-0.2, -0.15) is 0 Å². The molecule has 4 rings (SSSR count). The summed E-state index contributed by atoms with van der Waals surface area (Å²) in [6.45, 7) is 1.88. The molecule has 0 aliphatic heterocycles. The van der Waals surface area contributed by atoms with Gasteiger partial charge >= 0.3 is 5.97 Å². The van der Waals surface area contributed by atoms with E-state index in [4.69, 9.17) is 16.3 Å². The SMILES string of the molecule is Cc1cccc(C(=O)Oc2ccccc2/C=C/C(=O)NNC(=O)c2ccc(NC(=O)c3ccc(Cl)cc3)cc2)c1. The smallest absolute Gasteiger partial charge is 0.343 e. The molecule has 3 N–H and O–H groups in total.